The summed E-state index contributed by atoms with van der Waals surface area (Å²) in [7, 11) is 0. The molecule has 2 aromatic rings. The van der Waals surface area contributed by atoms with Crippen molar-refractivity contribution in [2.24, 2.45) is 0 Å². The molecule has 0 nitrogen and oxygen atoms in total. The smallest absolute Gasteiger partial charge is 0.0152 e. The molecule has 0 atom stereocenters. The molecule has 0 fully saturated rings. The molecule has 0 radical (unpaired) electrons. The van der Waals surface area contributed by atoms with Gasteiger partial charge in [0.25, 0.3) is 0 Å². The summed E-state index contributed by atoms with van der Waals surface area (Å²) in [5.74, 6) is 0. The van der Waals surface area contributed by atoms with Crippen molar-refractivity contribution in [1.82, 2.24) is 0 Å². The first-order chi connectivity index (χ1) is 7.42. The topological polar surface area (TPSA) is 0 Å². The summed E-state index contributed by atoms with van der Waals surface area (Å²) in [6.45, 7) is 2.22. The van der Waals surface area contributed by atoms with Crippen LogP contribution < -0.4 is 0 Å². The SMILES string of the molecule is CCCc1ccccc1-c1ccccc1.Cl. The Morgan fingerprint density at radius 2 is 1.44 bits per heavy atom. The lowest BCUT2D eigenvalue weighted by atomic mass is 9.97. The molecule has 0 aliphatic rings. The molecule has 0 aliphatic carbocycles. The van der Waals surface area contributed by atoms with Gasteiger partial charge in [-0.05, 0) is 23.1 Å². The van der Waals surface area contributed by atoms with E-state index < -0.39 is 0 Å². The molecule has 0 aliphatic heterocycles. The van der Waals surface area contributed by atoms with Crippen molar-refractivity contribution < 1.29 is 0 Å². The summed E-state index contributed by atoms with van der Waals surface area (Å²) in [5, 5.41) is 0. The predicted octanol–water partition coefficient (Wildman–Crippen LogP) is 4.73. The van der Waals surface area contributed by atoms with Gasteiger partial charge in [0, 0.05) is 0 Å². The van der Waals surface area contributed by atoms with Crippen molar-refractivity contribution >= 4 is 12.4 Å². The Bertz CT molecular complexity index is 420. The van der Waals surface area contributed by atoms with Crippen molar-refractivity contribution in [3.05, 3.63) is 60.2 Å². The summed E-state index contributed by atoms with van der Waals surface area (Å²) in [6, 6.07) is 19.3. The van der Waals surface area contributed by atoms with Gasteiger partial charge >= 0.3 is 0 Å². The minimum absolute atomic E-state index is 0. The maximum Gasteiger partial charge on any atom is -0.0152 e. The van der Waals surface area contributed by atoms with Gasteiger partial charge in [0.1, 0.15) is 0 Å². The molecule has 1 heteroatoms. The number of rotatable bonds is 3. The van der Waals surface area contributed by atoms with Gasteiger partial charge in [-0.3, -0.25) is 0 Å². The van der Waals surface area contributed by atoms with Gasteiger partial charge in [0.15, 0.2) is 0 Å². The number of aryl methyl sites for hydroxylation is 1. The lowest BCUT2D eigenvalue weighted by Gasteiger charge is -2.08. The largest absolute Gasteiger partial charge is 0.147 e. The average molecular weight is 233 g/mol. The second-order valence-electron chi connectivity index (χ2n) is 3.77. The molecule has 16 heavy (non-hydrogen) atoms. The van der Waals surface area contributed by atoms with E-state index in [0.717, 1.165) is 6.42 Å². The van der Waals surface area contributed by atoms with E-state index in [-0.39, 0.29) is 12.4 Å². The normalized spacial score (nSPS) is 9.56. The Kier molecular flexibility index (Phi) is 5.07. The Labute approximate surface area is 104 Å². The van der Waals surface area contributed by atoms with E-state index in [0.29, 0.717) is 0 Å². The molecule has 0 spiro atoms. The van der Waals surface area contributed by atoms with Crippen LogP contribution in [0.1, 0.15) is 18.9 Å². The van der Waals surface area contributed by atoms with Crippen LogP contribution in [0.25, 0.3) is 11.1 Å². The van der Waals surface area contributed by atoms with Crippen LogP contribution in [0, 0.1) is 0 Å². The quantitative estimate of drug-likeness (QED) is 0.718. The zero-order valence-corrected chi connectivity index (χ0v) is 10.3. The second-order valence-corrected chi connectivity index (χ2v) is 3.77. The molecule has 0 heterocycles. The van der Waals surface area contributed by atoms with Crippen LogP contribution in [0.3, 0.4) is 0 Å². The zero-order chi connectivity index (χ0) is 10.5. The van der Waals surface area contributed by atoms with Crippen molar-refractivity contribution in [3.8, 4) is 11.1 Å². The molecule has 0 N–H and O–H groups in total. The Balaban J connectivity index is 0.00000128. The van der Waals surface area contributed by atoms with Crippen molar-refractivity contribution in [3.63, 3.8) is 0 Å². The minimum Gasteiger partial charge on any atom is -0.147 e. The molecule has 0 unspecified atom stereocenters. The van der Waals surface area contributed by atoms with E-state index in [1.165, 1.54) is 23.1 Å². The van der Waals surface area contributed by atoms with Crippen LogP contribution in [-0.4, -0.2) is 0 Å². The third-order valence-corrected chi connectivity index (χ3v) is 2.62. The molecule has 0 saturated heterocycles. The maximum absolute atomic E-state index is 2.23. The molecular formula is C15H17Cl. The van der Waals surface area contributed by atoms with Crippen LogP contribution in [0.5, 0.6) is 0 Å². The fourth-order valence-corrected chi connectivity index (χ4v) is 1.91. The second kappa shape index (κ2) is 6.34. The summed E-state index contributed by atoms with van der Waals surface area (Å²) >= 11 is 0. The highest BCUT2D eigenvalue weighted by Crippen LogP contribution is 2.24. The minimum atomic E-state index is 0. The third kappa shape index (κ3) is 2.86. The number of halogens is 1. The van der Waals surface area contributed by atoms with E-state index in [1.54, 1.807) is 0 Å². The van der Waals surface area contributed by atoms with Crippen molar-refractivity contribution in [2.45, 2.75) is 19.8 Å². The van der Waals surface area contributed by atoms with Crippen LogP contribution in [0.4, 0.5) is 0 Å². The van der Waals surface area contributed by atoms with Gasteiger partial charge in [-0.25, -0.2) is 0 Å². The van der Waals surface area contributed by atoms with Gasteiger partial charge in [-0.2, -0.15) is 0 Å². The summed E-state index contributed by atoms with van der Waals surface area (Å²) < 4.78 is 0. The van der Waals surface area contributed by atoms with Crippen LogP contribution in [0.15, 0.2) is 54.6 Å². The fraction of sp³-hybridized carbons (Fsp3) is 0.200. The van der Waals surface area contributed by atoms with Gasteiger partial charge < -0.3 is 0 Å². The van der Waals surface area contributed by atoms with E-state index in [1.807, 2.05) is 0 Å². The third-order valence-electron chi connectivity index (χ3n) is 2.62. The zero-order valence-electron chi connectivity index (χ0n) is 9.52. The molecular weight excluding hydrogens is 216 g/mol. The van der Waals surface area contributed by atoms with Crippen LogP contribution in [-0.2, 0) is 6.42 Å². The monoisotopic (exact) mass is 232 g/mol. The summed E-state index contributed by atoms with van der Waals surface area (Å²) in [5.41, 5.74) is 4.15. The number of hydrogen-bond donors (Lipinski definition) is 0. The lowest BCUT2D eigenvalue weighted by molar-refractivity contribution is 0.923. The van der Waals surface area contributed by atoms with Crippen LogP contribution in [0.2, 0.25) is 0 Å². The van der Waals surface area contributed by atoms with Gasteiger partial charge in [0.2, 0.25) is 0 Å². The molecule has 0 saturated carbocycles. The molecule has 2 rings (SSSR count). The standard InChI is InChI=1S/C15H16.ClH/c1-2-8-13-11-6-7-12-15(13)14-9-4-3-5-10-14;/h3-7,9-12H,2,8H2,1H3;1H. The fourth-order valence-electron chi connectivity index (χ4n) is 1.91. The van der Waals surface area contributed by atoms with Crippen LogP contribution >= 0.6 is 12.4 Å². The van der Waals surface area contributed by atoms with Gasteiger partial charge in [-0.15, -0.1) is 12.4 Å². The lowest BCUT2D eigenvalue weighted by Crippen LogP contribution is -1.88. The van der Waals surface area contributed by atoms with Gasteiger partial charge in [0.05, 0.1) is 0 Å². The molecule has 2 aromatic carbocycles. The van der Waals surface area contributed by atoms with E-state index in [2.05, 4.69) is 61.5 Å². The molecule has 0 aromatic heterocycles. The van der Waals surface area contributed by atoms with Crippen molar-refractivity contribution in [2.75, 3.05) is 0 Å². The highest BCUT2D eigenvalue weighted by Gasteiger charge is 2.01. The Morgan fingerprint density at radius 1 is 0.812 bits per heavy atom. The first-order valence-corrected chi connectivity index (χ1v) is 5.55. The summed E-state index contributed by atoms with van der Waals surface area (Å²) in [6.07, 6.45) is 2.36. The molecule has 0 bridgehead atoms. The van der Waals surface area contributed by atoms with Crippen molar-refractivity contribution in [1.29, 1.82) is 0 Å². The first kappa shape index (κ1) is 12.8. The van der Waals surface area contributed by atoms with E-state index in [9.17, 15) is 0 Å². The molecule has 0 amide bonds. The van der Waals surface area contributed by atoms with E-state index in [4.69, 9.17) is 0 Å². The predicted molar refractivity (Wildman–Crippen MR) is 73.1 cm³/mol. The van der Waals surface area contributed by atoms with Gasteiger partial charge in [-0.1, -0.05) is 67.9 Å². The first-order valence-electron chi connectivity index (χ1n) is 5.55. The number of hydrogen-bond acceptors (Lipinski definition) is 0. The summed E-state index contributed by atoms with van der Waals surface area (Å²) in [4.78, 5) is 0. The average Bonchev–Trinajstić information content (AvgIpc) is 2.31. The maximum atomic E-state index is 2.23. The van der Waals surface area contributed by atoms with E-state index >= 15 is 0 Å². The number of benzene rings is 2. The molecule has 84 valence electrons. The Hall–Kier alpha value is -1.27. The highest BCUT2D eigenvalue weighted by atomic mass is 35.5. The Morgan fingerprint density at radius 3 is 2.12 bits per heavy atom. The highest BCUT2D eigenvalue weighted by molar-refractivity contribution is 5.85.